The molecule has 4 N–H and O–H groups in total. The normalized spacial score (nSPS) is 32.5. The van der Waals surface area contributed by atoms with E-state index in [-0.39, 0.29) is 28.3 Å². The topological polar surface area (TPSA) is 112 Å². The van der Waals surface area contributed by atoms with Crippen LogP contribution >= 0.6 is 11.6 Å². The van der Waals surface area contributed by atoms with Crippen LogP contribution in [0.4, 0.5) is 0 Å². The number of nitrogens with zero attached hydrogens (tertiary/aromatic N) is 2. The van der Waals surface area contributed by atoms with Crippen LogP contribution in [0.1, 0.15) is 84.1 Å². The third kappa shape index (κ3) is 9.13. The summed E-state index contributed by atoms with van der Waals surface area (Å²) in [7, 11) is 0. The van der Waals surface area contributed by atoms with Crippen LogP contribution in [0.25, 0.3) is 0 Å². The Kier molecular flexibility index (Phi) is 12.2. The van der Waals surface area contributed by atoms with Gasteiger partial charge in [-0.05, 0) is 126 Å². The highest BCUT2D eigenvalue weighted by Crippen LogP contribution is 2.59. The van der Waals surface area contributed by atoms with Gasteiger partial charge in [-0.3, -0.25) is 20.4 Å². The summed E-state index contributed by atoms with van der Waals surface area (Å²) in [5.41, 5.74) is 1.80. The predicted octanol–water partition coefficient (Wildman–Crippen LogP) is 6.47. The zero-order valence-electron chi connectivity index (χ0n) is 26.2. The number of hydrogen-bond acceptors (Lipinski definition) is 7. The highest BCUT2D eigenvalue weighted by atomic mass is 35.5. The molecular weight excluding hydrogens is 562 g/mol. The van der Waals surface area contributed by atoms with E-state index in [1.165, 1.54) is 38.3 Å². The van der Waals surface area contributed by atoms with Crippen molar-refractivity contribution in [1.29, 1.82) is 0 Å². The smallest absolute Gasteiger partial charge is 0.305 e. The largest absolute Gasteiger partial charge is 0.393 e. The van der Waals surface area contributed by atoms with Crippen molar-refractivity contribution in [1.82, 2.24) is 16.0 Å². The number of nitrogens with one attached hydrogen (secondary N) is 3. The number of halogens is 1. The summed E-state index contributed by atoms with van der Waals surface area (Å²) in [6.07, 6.45) is 13.2. The van der Waals surface area contributed by atoms with Crippen molar-refractivity contribution in [2.45, 2.75) is 103 Å². The number of aliphatic hydroxyl groups is 1. The van der Waals surface area contributed by atoms with Gasteiger partial charge in [0, 0.05) is 24.2 Å². The number of allylic oxidation sites excluding steroid dienone is 3. The molecule has 8 nitrogen and oxygen atoms in total. The lowest BCUT2D eigenvalue weighted by molar-refractivity contribution is -0.415. The number of hydrogen-bond donors (Lipinski definition) is 4. The SMILES string of the molecule is C/C(NCC12CC3CC(C1)C(NCC1CCC(O)CC1)C(C3)C2)=C(\C=N/C(C)NCc1ccccc1Cl)[N+](=O)[O-].C=CC. The Hall–Kier alpha value is -2.26. The zero-order chi connectivity index (χ0) is 31.0. The minimum absolute atomic E-state index is 0.0215. The van der Waals surface area contributed by atoms with Gasteiger partial charge in [0.1, 0.15) is 6.21 Å². The quantitative estimate of drug-likeness (QED) is 0.0930. The van der Waals surface area contributed by atoms with E-state index < -0.39 is 0 Å². The highest BCUT2D eigenvalue weighted by molar-refractivity contribution is 6.31. The number of benzene rings is 1. The summed E-state index contributed by atoms with van der Waals surface area (Å²) in [5.74, 6) is 2.88. The van der Waals surface area contributed by atoms with Crippen LogP contribution in [-0.4, -0.2) is 47.6 Å². The molecule has 6 rings (SSSR count). The van der Waals surface area contributed by atoms with Crippen LogP contribution in [0.5, 0.6) is 0 Å². The van der Waals surface area contributed by atoms with E-state index in [0.29, 0.717) is 41.1 Å². The molecule has 0 spiro atoms. The standard InChI is InChI=1S/C31H46ClN5O3.C3H6/c1-20(29(37(39)40)18-34-21(2)33-17-24-5-3-4-6-28(24)32)36-19-31-13-23-11-25(14-31)30(26(12-23)15-31)35-16-22-7-9-27(38)10-8-22;1-3-2/h3-6,18,21-23,25-27,30,33,35-36,38H,7-17,19H2,1-2H3;3H,1H2,2H3/b29-20-,34-18-;. The summed E-state index contributed by atoms with van der Waals surface area (Å²) in [4.78, 5) is 16.0. The van der Waals surface area contributed by atoms with Crippen LogP contribution in [0.2, 0.25) is 5.02 Å². The maximum atomic E-state index is 11.9. The molecule has 4 bridgehead atoms. The van der Waals surface area contributed by atoms with Crippen LogP contribution in [0, 0.1) is 39.2 Å². The monoisotopic (exact) mass is 613 g/mol. The molecule has 3 atom stereocenters. The summed E-state index contributed by atoms with van der Waals surface area (Å²) in [5, 5.41) is 33.2. The van der Waals surface area contributed by atoms with Crippen molar-refractivity contribution >= 4 is 17.8 Å². The minimum atomic E-state index is -0.337. The molecule has 5 saturated carbocycles. The van der Waals surface area contributed by atoms with Crippen molar-refractivity contribution in [3.63, 3.8) is 0 Å². The fourth-order valence-electron chi connectivity index (χ4n) is 8.22. The molecule has 1 aromatic rings. The Morgan fingerprint density at radius 2 is 1.86 bits per heavy atom. The van der Waals surface area contributed by atoms with E-state index in [1.807, 2.05) is 38.1 Å². The number of aliphatic imine (C=N–C) groups is 1. The van der Waals surface area contributed by atoms with Gasteiger partial charge < -0.3 is 15.7 Å². The van der Waals surface area contributed by atoms with E-state index in [1.54, 1.807) is 13.0 Å². The summed E-state index contributed by atoms with van der Waals surface area (Å²) >= 11 is 6.23. The molecule has 0 heterocycles. The number of aliphatic hydroxyl groups excluding tert-OH is 1. The first-order chi connectivity index (χ1) is 20.6. The molecule has 0 aromatic heterocycles. The lowest BCUT2D eigenvalue weighted by Gasteiger charge is -2.60. The maximum Gasteiger partial charge on any atom is 0.305 e. The van der Waals surface area contributed by atoms with Crippen LogP contribution in [0.3, 0.4) is 0 Å². The molecule has 5 aliphatic rings. The first-order valence-corrected chi connectivity index (χ1v) is 16.6. The van der Waals surface area contributed by atoms with E-state index in [0.717, 1.165) is 50.3 Å². The molecule has 5 fully saturated rings. The van der Waals surface area contributed by atoms with Crippen molar-refractivity contribution in [2.24, 2.45) is 34.1 Å². The van der Waals surface area contributed by atoms with Gasteiger partial charge in [-0.15, -0.1) is 6.58 Å². The molecular formula is C34H52ClN5O3. The molecule has 0 saturated heterocycles. The fraction of sp³-hybridized carbons (Fsp3) is 0.676. The average molecular weight is 614 g/mol. The van der Waals surface area contributed by atoms with Crippen molar-refractivity contribution in [3.05, 3.63) is 69.0 Å². The van der Waals surface area contributed by atoms with E-state index >= 15 is 0 Å². The van der Waals surface area contributed by atoms with Crippen LogP contribution < -0.4 is 16.0 Å². The second-order valence-corrected chi connectivity index (χ2v) is 13.9. The summed E-state index contributed by atoms with van der Waals surface area (Å²) in [6.45, 7) is 11.3. The summed E-state index contributed by atoms with van der Waals surface area (Å²) < 4.78 is 0. The number of rotatable bonds is 12. The van der Waals surface area contributed by atoms with E-state index in [4.69, 9.17) is 11.6 Å². The summed E-state index contributed by atoms with van der Waals surface area (Å²) in [6, 6.07) is 8.23. The Bertz CT molecular complexity index is 1130. The lowest BCUT2D eigenvalue weighted by atomic mass is 9.48. The van der Waals surface area contributed by atoms with Gasteiger partial charge >= 0.3 is 5.70 Å². The molecule has 0 amide bonds. The van der Waals surface area contributed by atoms with Gasteiger partial charge in [-0.1, -0.05) is 35.9 Å². The molecule has 1 aromatic carbocycles. The Balaban J connectivity index is 0.00000135. The zero-order valence-corrected chi connectivity index (χ0v) is 27.0. The Morgan fingerprint density at radius 3 is 2.49 bits per heavy atom. The van der Waals surface area contributed by atoms with Gasteiger partial charge in [0.2, 0.25) is 0 Å². The first-order valence-electron chi connectivity index (χ1n) is 16.2. The lowest BCUT2D eigenvalue weighted by Crippen LogP contribution is -2.60. The van der Waals surface area contributed by atoms with Crippen LogP contribution in [0.15, 0.2) is 53.3 Å². The molecule has 238 valence electrons. The van der Waals surface area contributed by atoms with Gasteiger partial charge in [-0.25, -0.2) is 0 Å². The van der Waals surface area contributed by atoms with Crippen molar-refractivity contribution < 1.29 is 10.0 Å². The minimum Gasteiger partial charge on any atom is -0.393 e. The van der Waals surface area contributed by atoms with Gasteiger partial charge in [0.05, 0.1) is 22.9 Å². The van der Waals surface area contributed by atoms with E-state index in [9.17, 15) is 15.2 Å². The van der Waals surface area contributed by atoms with Gasteiger partial charge in [-0.2, -0.15) is 0 Å². The molecule has 0 radical (unpaired) electrons. The maximum absolute atomic E-state index is 11.9. The molecule has 9 heteroatoms. The van der Waals surface area contributed by atoms with Crippen LogP contribution in [-0.2, 0) is 6.54 Å². The first kappa shape index (κ1) is 33.6. The highest BCUT2D eigenvalue weighted by Gasteiger charge is 2.55. The third-order valence-electron chi connectivity index (χ3n) is 10.1. The fourth-order valence-corrected chi connectivity index (χ4v) is 8.42. The third-order valence-corrected chi connectivity index (χ3v) is 10.5. The Labute approximate surface area is 263 Å². The van der Waals surface area contributed by atoms with Gasteiger partial charge in [0.15, 0.2) is 0 Å². The van der Waals surface area contributed by atoms with Crippen molar-refractivity contribution in [3.8, 4) is 0 Å². The average Bonchev–Trinajstić information content (AvgIpc) is 2.96. The van der Waals surface area contributed by atoms with E-state index in [2.05, 4.69) is 27.5 Å². The molecule has 0 aliphatic heterocycles. The predicted molar refractivity (Wildman–Crippen MR) is 176 cm³/mol. The van der Waals surface area contributed by atoms with Gasteiger partial charge in [0.25, 0.3) is 0 Å². The molecule has 3 unspecified atom stereocenters. The number of nitro groups is 1. The Morgan fingerprint density at radius 1 is 1.21 bits per heavy atom. The molecule has 43 heavy (non-hydrogen) atoms. The molecule has 5 aliphatic carbocycles. The van der Waals surface area contributed by atoms with Crippen molar-refractivity contribution in [2.75, 3.05) is 13.1 Å². The second kappa shape index (κ2) is 15.6. The second-order valence-electron chi connectivity index (χ2n) is 13.5.